The van der Waals surface area contributed by atoms with Gasteiger partial charge in [-0.2, -0.15) is 0 Å². The van der Waals surface area contributed by atoms with E-state index in [1.807, 2.05) is 13.8 Å². The molecule has 0 bridgehead atoms. The minimum atomic E-state index is 0.338. The molecule has 0 aromatic heterocycles. The third kappa shape index (κ3) is 2.96. The lowest BCUT2D eigenvalue weighted by Gasteiger charge is -2.20. The predicted octanol–water partition coefficient (Wildman–Crippen LogP) is 1.88. The van der Waals surface area contributed by atoms with Gasteiger partial charge in [-0.1, -0.05) is 13.8 Å². The molecule has 0 unspecified atom stereocenters. The third-order valence-corrected chi connectivity index (χ3v) is 3.05. The predicted molar refractivity (Wildman–Crippen MR) is 55.8 cm³/mol. The zero-order chi connectivity index (χ0) is 9.73. The van der Waals surface area contributed by atoms with Crippen LogP contribution in [0, 0.1) is 5.41 Å². The Hall–Kier alpha value is -0.0800. The van der Waals surface area contributed by atoms with Crippen LogP contribution in [0.2, 0.25) is 0 Å². The van der Waals surface area contributed by atoms with Crippen LogP contribution in [0.5, 0.6) is 0 Å². The maximum Gasteiger partial charge on any atom is 0.0499 e. The first kappa shape index (κ1) is 11.0. The molecule has 13 heavy (non-hydrogen) atoms. The number of nitrogens with zero attached hydrogens (tertiary/aromatic N) is 1. The van der Waals surface area contributed by atoms with Crippen LogP contribution in [-0.4, -0.2) is 36.2 Å². The summed E-state index contributed by atoms with van der Waals surface area (Å²) < 4.78 is 0. The first-order valence-electron chi connectivity index (χ1n) is 5.68. The van der Waals surface area contributed by atoms with E-state index in [1.165, 1.54) is 38.8 Å². The average Bonchev–Trinajstić information content (AvgIpc) is 2.77. The van der Waals surface area contributed by atoms with E-state index in [1.54, 1.807) is 0 Å². The van der Waals surface area contributed by atoms with E-state index in [2.05, 4.69) is 4.90 Å². The average molecular weight is 185 g/mol. The smallest absolute Gasteiger partial charge is 0.0499 e. The van der Waals surface area contributed by atoms with E-state index >= 15 is 0 Å². The van der Waals surface area contributed by atoms with E-state index in [4.69, 9.17) is 5.11 Å². The molecule has 0 spiro atoms. The molecule has 1 heterocycles. The van der Waals surface area contributed by atoms with Crippen LogP contribution in [0.3, 0.4) is 0 Å². The molecule has 1 aliphatic heterocycles. The number of rotatable bonds is 3. The molecular formula is C11H23NO. The second-order valence-corrected chi connectivity index (χ2v) is 4.14. The Bertz CT molecular complexity index is 137. The minimum absolute atomic E-state index is 0.338. The van der Waals surface area contributed by atoms with Gasteiger partial charge < -0.3 is 10.0 Å². The van der Waals surface area contributed by atoms with E-state index in [0.29, 0.717) is 12.0 Å². The monoisotopic (exact) mass is 185 g/mol. The molecule has 1 aliphatic carbocycles. The third-order valence-electron chi connectivity index (χ3n) is 3.05. The zero-order valence-electron chi connectivity index (χ0n) is 9.05. The summed E-state index contributed by atoms with van der Waals surface area (Å²) in [6.45, 7) is 8.09. The fraction of sp³-hybridized carbons (Fsp3) is 1.00. The van der Waals surface area contributed by atoms with E-state index in [0.717, 1.165) is 6.54 Å². The molecule has 2 aliphatic rings. The molecule has 78 valence electrons. The quantitative estimate of drug-likeness (QED) is 0.725. The van der Waals surface area contributed by atoms with Crippen LogP contribution in [0.1, 0.15) is 39.5 Å². The fourth-order valence-corrected chi connectivity index (χ4v) is 1.96. The Labute approximate surface area is 81.9 Å². The Balaban J connectivity index is 0.000000396. The molecular weight excluding hydrogens is 162 g/mol. The molecule has 1 saturated carbocycles. The molecule has 2 heteroatoms. The Morgan fingerprint density at radius 1 is 1.15 bits per heavy atom. The molecule has 0 aromatic carbocycles. The fourth-order valence-electron chi connectivity index (χ4n) is 1.96. The number of hydrogen-bond acceptors (Lipinski definition) is 2. The lowest BCUT2D eigenvalue weighted by Crippen LogP contribution is -2.29. The number of aliphatic hydroxyl groups is 1. The van der Waals surface area contributed by atoms with E-state index < -0.39 is 0 Å². The van der Waals surface area contributed by atoms with Crippen molar-refractivity contribution in [2.24, 2.45) is 5.41 Å². The lowest BCUT2D eigenvalue weighted by molar-refractivity contribution is 0.164. The summed E-state index contributed by atoms with van der Waals surface area (Å²) in [7, 11) is 0. The summed E-state index contributed by atoms with van der Waals surface area (Å²) in [4.78, 5) is 2.50. The Morgan fingerprint density at radius 2 is 1.69 bits per heavy atom. The van der Waals surface area contributed by atoms with Gasteiger partial charge in [0.15, 0.2) is 0 Å². The molecule has 2 rings (SSSR count). The molecule has 1 saturated heterocycles. The molecule has 0 atom stereocenters. The van der Waals surface area contributed by atoms with Gasteiger partial charge in [0.25, 0.3) is 0 Å². The van der Waals surface area contributed by atoms with Crippen molar-refractivity contribution >= 4 is 0 Å². The highest BCUT2D eigenvalue weighted by molar-refractivity contribution is 4.95. The topological polar surface area (TPSA) is 23.5 Å². The zero-order valence-corrected chi connectivity index (χ0v) is 9.05. The lowest BCUT2D eigenvalue weighted by atomic mass is 10.1. The highest BCUT2D eigenvalue weighted by Gasteiger charge is 2.43. The first-order valence-corrected chi connectivity index (χ1v) is 5.68. The van der Waals surface area contributed by atoms with Crippen molar-refractivity contribution in [1.29, 1.82) is 0 Å². The van der Waals surface area contributed by atoms with Crippen molar-refractivity contribution in [3.63, 3.8) is 0 Å². The van der Waals surface area contributed by atoms with Gasteiger partial charge in [0.1, 0.15) is 0 Å². The molecule has 2 fully saturated rings. The van der Waals surface area contributed by atoms with Gasteiger partial charge in [0, 0.05) is 18.6 Å². The van der Waals surface area contributed by atoms with E-state index in [9.17, 15) is 0 Å². The maximum absolute atomic E-state index is 9.09. The van der Waals surface area contributed by atoms with Crippen molar-refractivity contribution in [1.82, 2.24) is 4.90 Å². The minimum Gasteiger partial charge on any atom is -0.396 e. The van der Waals surface area contributed by atoms with Crippen LogP contribution in [0.15, 0.2) is 0 Å². The van der Waals surface area contributed by atoms with Crippen molar-refractivity contribution < 1.29 is 5.11 Å². The van der Waals surface area contributed by atoms with Crippen molar-refractivity contribution in [2.45, 2.75) is 39.5 Å². The second kappa shape index (κ2) is 4.97. The first-order chi connectivity index (χ1) is 6.35. The van der Waals surface area contributed by atoms with Crippen LogP contribution in [0.4, 0.5) is 0 Å². The van der Waals surface area contributed by atoms with Gasteiger partial charge in [-0.3, -0.25) is 0 Å². The summed E-state index contributed by atoms with van der Waals surface area (Å²) in [5, 5.41) is 9.09. The van der Waals surface area contributed by atoms with Gasteiger partial charge in [0.2, 0.25) is 0 Å². The number of hydrogen-bond donors (Lipinski definition) is 1. The summed E-state index contributed by atoms with van der Waals surface area (Å²) >= 11 is 0. The van der Waals surface area contributed by atoms with E-state index in [-0.39, 0.29) is 0 Å². The van der Waals surface area contributed by atoms with Gasteiger partial charge in [-0.15, -0.1) is 0 Å². The largest absolute Gasteiger partial charge is 0.396 e. The normalized spacial score (nSPS) is 25.2. The summed E-state index contributed by atoms with van der Waals surface area (Å²) in [5.74, 6) is 0. The number of aliphatic hydroxyl groups excluding tert-OH is 1. The molecule has 2 nitrogen and oxygen atoms in total. The number of likely N-dealkylation sites (tertiary alicyclic amines) is 1. The molecule has 1 N–H and O–H groups in total. The van der Waals surface area contributed by atoms with Crippen LogP contribution >= 0.6 is 0 Å². The Morgan fingerprint density at radius 3 is 2.08 bits per heavy atom. The maximum atomic E-state index is 9.09. The van der Waals surface area contributed by atoms with Gasteiger partial charge >= 0.3 is 0 Å². The second-order valence-electron chi connectivity index (χ2n) is 4.14. The molecule has 0 amide bonds. The highest BCUT2D eigenvalue weighted by atomic mass is 16.3. The molecule has 0 radical (unpaired) electrons. The summed E-state index contributed by atoms with van der Waals surface area (Å²) in [5.41, 5.74) is 0.338. The van der Waals surface area contributed by atoms with Gasteiger partial charge in [0.05, 0.1) is 0 Å². The van der Waals surface area contributed by atoms with Crippen molar-refractivity contribution in [3.8, 4) is 0 Å². The molecule has 0 aromatic rings. The summed E-state index contributed by atoms with van der Waals surface area (Å²) in [6.07, 6.45) is 5.23. The van der Waals surface area contributed by atoms with Gasteiger partial charge in [-0.05, 0) is 38.8 Å². The van der Waals surface area contributed by atoms with Crippen LogP contribution in [0.25, 0.3) is 0 Å². The Kier molecular flexibility index (Phi) is 4.20. The highest BCUT2D eigenvalue weighted by Crippen LogP contribution is 2.45. The SMILES string of the molecule is CC.OCC1(CN2CCCC2)CC1. The van der Waals surface area contributed by atoms with Crippen LogP contribution < -0.4 is 0 Å². The van der Waals surface area contributed by atoms with Gasteiger partial charge in [-0.25, -0.2) is 0 Å². The summed E-state index contributed by atoms with van der Waals surface area (Å²) in [6, 6.07) is 0. The van der Waals surface area contributed by atoms with Crippen molar-refractivity contribution in [2.75, 3.05) is 26.2 Å². The standard InChI is InChI=1S/C9H17NO.C2H6/c11-8-9(3-4-9)7-10-5-1-2-6-10;1-2/h11H,1-8H2;1-2H3. The van der Waals surface area contributed by atoms with Crippen LogP contribution in [-0.2, 0) is 0 Å². The van der Waals surface area contributed by atoms with Crippen molar-refractivity contribution in [3.05, 3.63) is 0 Å².